The van der Waals surface area contributed by atoms with E-state index in [1.807, 2.05) is 18.7 Å². The van der Waals surface area contributed by atoms with Gasteiger partial charge in [-0.25, -0.2) is 14.6 Å². The molecule has 0 spiro atoms. The second kappa shape index (κ2) is 6.49. The highest BCUT2D eigenvalue weighted by molar-refractivity contribution is 5.48. The van der Waals surface area contributed by atoms with Crippen molar-refractivity contribution in [1.29, 1.82) is 0 Å². The van der Waals surface area contributed by atoms with Gasteiger partial charge in [-0.05, 0) is 26.7 Å². The summed E-state index contributed by atoms with van der Waals surface area (Å²) >= 11 is 0. The first-order chi connectivity index (χ1) is 11.1. The lowest BCUT2D eigenvalue weighted by Crippen LogP contribution is -2.51. The minimum Gasteiger partial charge on any atom is -0.472 e. The standard InChI is InChI=1S/C15H22N6O2/c1-12(2)23-14-13(16-5-6-17-14)20-8-3-4-15(22,10-20)11-21-9-7-18-19-21/h5-7,9,12,22H,3-4,8,10-11H2,1-2H3. The number of ether oxygens (including phenoxy) is 1. The molecule has 1 aliphatic rings. The van der Waals surface area contributed by atoms with Crippen LogP contribution in [0.5, 0.6) is 5.88 Å². The van der Waals surface area contributed by atoms with Crippen LogP contribution in [0.1, 0.15) is 26.7 Å². The molecule has 1 saturated heterocycles. The number of hydrogen-bond acceptors (Lipinski definition) is 7. The van der Waals surface area contributed by atoms with Crippen LogP contribution < -0.4 is 9.64 Å². The first-order valence-electron chi connectivity index (χ1n) is 7.85. The van der Waals surface area contributed by atoms with Gasteiger partial charge in [0.2, 0.25) is 0 Å². The van der Waals surface area contributed by atoms with Crippen molar-refractivity contribution in [2.24, 2.45) is 0 Å². The summed E-state index contributed by atoms with van der Waals surface area (Å²) < 4.78 is 7.41. The SMILES string of the molecule is CC(C)Oc1nccnc1N1CCCC(O)(Cn2ccnn2)C1. The molecule has 124 valence electrons. The van der Waals surface area contributed by atoms with Gasteiger partial charge in [0.05, 0.1) is 25.4 Å². The van der Waals surface area contributed by atoms with Crippen LogP contribution in [0, 0.1) is 0 Å². The summed E-state index contributed by atoms with van der Waals surface area (Å²) in [4.78, 5) is 10.7. The smallest absolute Gasteiger partial charge is 0.257 e. The van der Waals surface area contributed by atoms with Gasteiger partial charge in [-0.15, -0.1) is 5.10 Å². The van der Waals surface area contributed by atoms with Crippen LogP contribution in [0.4, 0.5) is 5.82 Å². The molecule has 1 fully saturated rings. The molecule has 0 bridgehead atoms. The molecule has 0 aliphatic carbocycles. The van der Waals surface area contributed by atoms with E-state index in [4.69, 9.17) is 4.74 Å². The predicted octanol–water partition coefficient (Wildman–Crippen LogP) is 0.887. The van der Waals surface area contributed by atoms with Crippen LogP contribution in [-0.2, 0) is 6.54 Å². The van der Waals surface area contributed by atoms with E-state index in [9.17, 15) is 5.11 Å². The van der Waals surface area contributed by atoms with Gasteiger partial charge in [-0.1, -0.05) is 5.21 Å². The summed E-state index contributed by atoms with van der Waals surface area (Å²) in [6.45, 7) is 5.59. The van der Waals surface area contributed by atoms with Gasteiger partial charge in [0.25, 0.3) is 5.88 Å². The minimum absolute atomic E-state index is 0.0178. The van der Waals surface area contributed by atoms with Crippen molar-refractivity contribution in [3.63, 3.8) is 0 Å². The number of aromatic nitrogens is 5. The fourth-order valence-corrected chi connectivity index (χ4v) is 2.88. The molecule has 1 atom stereocenters. The lowest BCUT2D eigenvalue weighted by atomic mass is 9.93. The van der Waals surface area contributed by atoms with E-state index in [0.29, 0.717) is 31.2 Å². The van der Waals surface area contributed by atoms with Crippen molar-refractivity contribution >= 4 is 5.82 Å². The van der Waals surface area contributed by atoms with Gasteiger partial charge in [0.1, 0.15) is 5.60 Å². The quantitative estimate of drug-likeness (QED) is 0.875. The topological polar surface area (TPSA) is 89.2 Å². The Bertz CT molecular complexity index is 633. The third kappa shape index (κ3) is 3.76. The molecular weight excluding hydrogens is 296 g/mol. The van der Waals surface area contributed by atoms with Crippen LogP contribution in [0.3, 0.4) is 0 Å². The molecule has 8 heteroatoms. The van der Waals surface area contributed by atoms with Crippen molar-refractivity contribution in [2.45, 2.75) is 44.9 Å². The Kier molecular flexibility index (Phi) is 4.42. The summed E-state index contributed by atoms with van der Waals surface area (Å²) in [7, 11) is 0. The van der Waals surface area contributed by atoms with Gasteiger partial charge in [-0.3, -0.25) is 0 Å². The molecule has 0 radical (unpaired) electrons. The number of piperidine rings is 1. The molecule has 0 amide bonds. The van der Waals surface area contributed by atoms with Gasteiger partial charge in [-0.2, -0.15) is 0 Å². The maximum atomic E-state index is 10.9. The van der Waals surface area contributed by atoms with E-state index in [1.165, 1.54) is 0 Å². The van der Waals surface area contributed by atoms with Crippen LogP contribution >= 0.6 is 0 Å². The largest absolute Gasteiger partial charge is 0.472 e. The summed E-state index contributed by atoms with van der Waals surface area (Å²) in [5, 5.41) is 18.7. The van der Waals surface area contributed by atoms with Crippen molar-refractivity contribution < 1.29 is 9.84 Å². The highest BCUT2D eigenvalue weighted by Crippen LogP contribution is 2.30. The molecule has 1 N–H and O–H groups in total. The highest BCUT2D eigenvalue weighted by Gasteiger charge is 2.35. The molecule has 2 aromatic rings. The second-order valence-corrected chi connectivity index (χ2v) is 6.20. The number of hydrogen-bond donors (Lipinski definition) is 1. The summed E-state index contributed by atoms with van der Waals surface area (Å²) in [6.07, 6.45) is 8.23. The monoisotopic (exact) mass is 318 g/mol. The molecular formula is C15H22N6O2. The van der Waals surface area contributed by atoms with E-state index in [2.05, 4.69) is 20.3 Å². The Morgan fingerprint density at radius 1 is 1.30 bits per heavy atom. The Morgan fingerprint density at radius 3 is 2.87 bits per heavy atom. The number of anilines is 1. The molecule has 8 nitrogen and oxygen atoms in total. The first kappa shape index (κ1) is 15.7. The van der Waals surface area contributed by atoms with E-state index >= 15 is 0 Å². The van der Waals surface area contributed by atoms with Crippen LogP contribution in [-0.4, -0.2) is 54.9 Å². The summed E-state index contributed by atoms with van der Waals surface area (Å²) in [6, 6.07) is 0. The molecule has 3 heterocycles. The Hall–Kier alpha value is -2.22. The molecule has 1 unspecified atom stereocenters. The molecule has 3 rings (SSSR count). The van der Waals surface area contributed by atoms with Gasteiger partial charge in [0, 0.05) is 25.1 Å². The third-order valence-electron chi connectivity index (χ3n) is 3.78. The fraction of sp³-hybridized carbons (Fsp3) is 0.600. The Morgan fingerprint density at radius 2 is 2.13 bits per heavy atom. The molecule has 2 aromatic heterocycles. The number of β-amino-alcohol motifs (C(OH)–C–C–N with tert-alkyl or cyclic N) is 1. The van der Waals surface area contributed by atoms with Gasteiger partial charge < -0.3 is 14.7 Å². The zero-order chi connectivity index (χ0) is 16.3. The molecule has 1 aliphatic heterocycles. The number of aliphatic hydroxyl groups is 1. The van der Waals surface area contributed by atoms with Crippen molar-refractivity contribution in [2.75, 3.05) is 18.0 Å². The maximum Gasteiger partial charge on any atom is 0.257 e. The van der Waals surface area contributed by atoms with Gasteiger partial charge >= 0.3 is 0 Å². The van der Waals surface area contributed by atoms with E-state index in [-0.39, 0.29) is 6.10 Å². The van der Waals surface area contributed by atoms with Crippen molar-refractivity contribution in [3.05, 3.63) is 24.8 Å². The zero-order valence-electron chi connectivity index (χ0n) is 13.5. The Labute approximate surface area is 135 Å². The average Bonchev–Trinajstić information content (AvgIpc) is 2.99. The Balaban J connectivity index is 1.78. The van der Waals surface area contributed by atoms with E-state index < -0.39 is 5.60 Å². The van der Waals surface area contributed by atoms with Crippen molar-refractivity contribution in [3.8, 4) is 5.88 Å². The molecule has 0 aromatic carbocycles. The minimum atomic E-state index is -0.876. The fourth-order valence-electron chi connectivity index (χ4n) is 2.88. The van der Waals surface area contributed by atoms with Crippen LogP contribution in [0.2, 0.25) is 0 Å². The summed E-state index contributed by atoms with van der Waals surface area (Å²) in [5.41, 5.74) is -0.876. The third-order valence-corrected chi connectivity index (χ3v) is 3.78. The number of rotatable bonds is 5. The molecule has 23 heavy (non-hydrogen) atoms. The lowest BCUT2D eigenvalue weighted by molar-refractivity contribution is 0.00568. The zero-order valence-corrected chi connectivity index (χ0v) is 13.5. The van der Waals surface area contributed by atoms with Gasteiger partial charge in [0.15, 0.2) is 5.82 Å². The lowest BCUT2D eigenvalue weighted by Gasteiger charge is -2.39. The first-order valence-corrected chi connectivity index (χ1v) is 7.85. The molecule has 0 saturated carbocycles. The van der Waals surface area contributed by atoms with E-state index in [0.717, 1.165) is 13.0 Å². The van der Waals surface area contributed by atoms with Crippen LogP contribution in [0.15, 0.2) is 24.8 Å². The predicted molar refractivity (Wildman–Crippen MR) is 84.2 cm³/mol. The highest BCUT2D eigenvalue weighted by atomic mass is 16.5. The normalized spacial score (nSPS) is 21.7. The van der Waals surface area contributed by atoms with Crippen molar-refractivity contribution in [1.82, 2.24) is 25.0 Å². The van der Waals surface area contributed by atoms with Crippen LogP contribution in [0.25, 0.3) is 0 Å². The maximum absolute atomic E-state index is 10.9. The van der Waals surface area contributed by atoms with E-state index in [1.54, 1.807) is 29.5 Å². The summed E-state index contributed by atoms with van der Waals surface area (Å²) in [5.74, 6) is 1.19. The average molecular weight is 318 g/mol. The number of nitrogens with zero attached hydrogens (tertiary/aromatic N) is 6. The second-order valence-electron chi connectivity index (χ2n) is 6.20.